The first kappa shape index (κ1) is 59.2. The van der Waals surface area contributed by atoms with E-state index in [-0.39, 0.29) is 48.9 Å². The van der Waals surface area contributed by atoms with Crippen molar-refractivity contribution >= 4 is 57.7 Å². The molecule has 0 spiro atoms. The fraction of sp³-hybridized carbons (Fsp3) is 0.468. The van der Waals surface area contributed by atoms with Gasteiger partial charge in [-0.25, -0.2) is 4.98 Å². The average molecular weight is 1070 g/mol. The zero-order valence-electron chi connectivity index (χ0n) is 45.1. The molecule has 76 heavy (non-hydrogen) atoms. The zero-order chi connectivity index (χ0) is 54.3. The number of thiazole rings is 1. The number of likely N-dealkylation sites (tertiary alicyclic amines) is 1. The molecule has 5 N–H and O–H groups in total. The van der Waals surface area contributed by atoms with E-state index in [4.69, 9.17) is 16.3 Å². The number of aromatic nitrogens is 1. The van der Waals surface area contributed by atoms with Gasteiger partial charge in [0.15, 0.2) is 0 Å². The Labute approximate surface area is 460 Å². The van der Waals surface area contributed by atoms with Crippen LogP contribution >= 0.6 is 22.9 Å². The van der Waals surface area contributed by atoms with Crippen LogP contribution in [0.1, 0.15) is 151 Å². The maximum atomic E-state index is 14.0. The van der Waals surface area contributed by atoms with Crippen LogP contribution in [-0.2, 0) is 25.7 Å². The number of unbranched alkanes of at least 4 members (excludes halogenated alkanes) is 11. The molecule has 6 rings (SSSR count). The summed E-state index contributed by atoms with van der Waals surface area (Å²) in [5, 5.41) is 29.5. The van der Waals surface area contributed by atoms with Gasteiger partial charge in [-0.3, -0.25) is 19.2 Å². The third-order valence-electron chi connectivity index (χ3n) is 14.0. The zero-order valence-corrected chi connectivity index (χ0v) is 46.7. The van der Waals surface area contributed by atoms with Gasteiger partial charge in [-0.1, -0.05) is 164 Å². The number of carbonyl (C=O) groups is 4. The second kappa shape index (κ2) is 30.7. The molecule has 4 aromatic carbocycles. The van der Waals surface area contributed by atoms with Gasteiger partial charge in [0, 0.05) is 38.2 Å². The molecule has 408 valence electrons. The first-order chi connectivity index (χ1) is 36.7. The maximum Gasteiger partial charge on any atom is 0.246 e. The van der Waals surface area contributed by atoms with E-state index >= 15 is 0 Å². The lowest BCUT2D eigenvalue weighted by molar-refractivity contribution is -0.144. The fourth-order valence-electron chi connectivity index (χ4n) is 9.81. The number of hydrogen-bond acceptors (Lipinski definition) is 9. The number of aliphatic hydroxyl groups is 1. The van der Waals surface area contributed by atoms with E-state index in [1.807, 2.05) is 112 Å². The summed E-state index contributed by atoms with van der Waals surface area (Å²) in [6.07, 6.45) is 13.7. The van der Waals surface area contributed by atoms with Crippen molar-refractivity contribution in [2.24, 2.45) is 5.41 Å². The minimum absolute atomic E-state index is 0.0407. The molecular weight excluding hydrogens is 994 g/mol. The summed E-state index contributed by atoms with van der Waals surface area (Å²) in [6.45, 7) is 8.83. The standard InChI is InChI=1S/C62H80ClN5O7S/c1-44-58(76-43-66-44)49-26-24-45(25-27-49)41-65-60(73)54-40-51(70)42-68(54)61(74)59(62(2,3)4)67-56(72)23-19-14-12-10-8-6-5-7-9-11-13-18-22-55(71)64-38-39-75-52-34-30-48(31-35-52)57(47-28-32-50(69)33-29-47)53(36-37-63)46-20-16-15-17-21-46/h15-17,20-21,24-35,43,51,54,59,69-70H,5-14,18-19,22-23,36-42H2,1-4H3,(H,64,71)(H,65,73)(H,67,72)/t51-,54+,59-/m1/s1. The minimum atomic E-state index is -0.837. The van der Waals surface area contributed by atoms with E-state index in [0.717, 1.165) is 100 Å². The Hall–Kier alpha value is -6.02. The van der Waals surface area contributed by atoms with Crippen LogP contribution in [0.4, 0.5) is 0 Å². The normalized spacial score (nSPS) is 15.2. The van der Waals surface area contributed by atoms with Crippen LogP contribution in [-0.4, -0.2) is 87.5 Å². The van der Waals surface area contributed by atoms with Gasteiger partial charge >= 0.3 is 0 Å². The molecular formula is C62H80ClN5O7S. The monoisotopic (exact) mass is 1070 g/mol. The Bertz CT molecular complexity index is 2620. The molecule has 2 heterocycles. The number of alkyl halides is 1. The van der Waals surface area contributed by atoms with E-state index in [9.17, 15) is 29.4 Å². The molecule has 1 aliphatic rings. The Morgan fingerprint density at radius 1 is 0.737 bits per heavy atom. The number of phenols is 1. The summed E-state index contributed by atoms with van der Waals surface area (Å²) in [5.74, 6) is 0.602. The van der Waals surface area contributed by atoms with E-state index < -0.39 is 23.6 Å². The lowest BCUT2D eigenvalue weighted by Crippen LogP contribution is -2.57. The van der Waals surface area contributed by atoms with E-state index in [1.165, 1.54) is 37.0 Å². The number of halogens is 1. The molecule has 14 heteroatoms. The summed E-state index contributed by atoms with van der Waals surface area (Å²) in [7, 11) is 0. The van der Waals surface area contributed by atoms with Gasteiger partial charge < -0.3 is 35.8 Å². The Balaban J connectivity index is 0.780. The topological polar surface area (TPSA) is 170 Å². The number of nitrogens with one attached hydrogen (secondary N) is 3. The molecule has 0 radical (unpaired) electrons. The van der Waals surface area contributed by atoms with Crippen molar-refractivity contribution in [1.29, 1.82) is 0 Å². The second-order valence-electron chi connectivity index (χ2n) is 21.1. The highest BCUT2D eigenvalue weighted by atomic mass is 35.5. The Kier molecular flexibility index (Phi) is 23.9. The predicted octanol–water partition coefficient (Wildman–Crippen LogP) is 12.2. The first-order valence-electron chi connectivity index (χ1n) is 27.4. The largest absolute Gasteiger partial charge is 0.508 e. The van der Waals surface area contributed by atoms with Gasteiger partial charge in [0.05, 0.1) is 28.7 Å². The van der Waals surface area contributed by atoms with Gasteiger partial charge in [-0.05, 0) is 94.8 Å². The van der Waals surface area contributed by atoms with E-state index in [2.05, 4.69) is 33.1 Å². The van der Waals surface area contributed by atoms with Gasteiger partial charge in [0.25, 0.3) is 0 Å². The van der Waals surface area contributed by atoms with Crippen LogP contribution in [0, 0.1) is 12.3 Å². The van der Waals surface area contributed by atoms with Crippen LogP contribution in [0.25, 0.3) is 21.6 Å². The number of benzene rings is 4. The molecule has 1 fully saturated rings. The minimum Gasteiger partial charge on any atom is -0.508 e. The van der Waals surface area contributed by atoms with Crippen molar-refractivity contribution in [3.05, 3.63) is 137 Å². The van der Waals surface area contributed by atoms with E-state index in [0.29, 0.717) is 38.3 Å². The van der Waals surface area contributed by atoms with Crippen molar-refractivity contribution in [2.45, 2.75) is 155 Å². The SMILES string of the molecule is Cc1ncsc1-c1ccc(CNC(=O)[C@@H]2C[C@@H](O)CN2C(=O)[C@@H](NC(=O)CCCCCCCCCCCCCCC(=O)NCCOc2ccc(C(=C(CCCl)c3ccccc3)c3ccc(O)cc3)cc2)C(C)(C)C)cc1. The van der Waals surface area contributed by atoms with Crippen molar-refractivity contribution in [2.75, 3.05) is 25.6 Å². The molecule has 0 bridgehead atoms. The number of β-amino-alcohol motifs (C(OH)–C–C–N with tert-alkyl or cyclic N) is 1. The van der Waals surface area contributed by atoms with Crippen LogP contribution in [0.15, 0.2) is 109 Å². The summed E-state index contributed by atoms with van der Waals surface area (Å²) >= 11 is 7.89. The van der Waals surface area contributed by atoms with Crippen LogP contribution in [0.2, 0.25) is 0 Å². The Morgan fingerprint density at radius 2 is 1.32 bits per heavy atom. The van der Waals surface area contributed by atoms with Crippen LogP contribution in [0.3, 0.4) is 0 Å². The molecule has 0 unspecified atom stereocenters. The van der Waals surface area contributed by atoms with Gasteiger partial charge in [0.2, 0.25) is 23.6 Å². The van der Waals surface area contributed by atoms with E-state index in [1.54, 1.807) is 23.5 Å². The Morgan fingerprint density at radius 3 is 1.88 bits per heavy atom. The summed E-state index contributed by atoms with van der Waals surface area (Å²) in [5.41, 5.74) is 9.46. The number of rotatable bonds is 30. The average Bonchev–Trinajstić information content (AvgIpc) is 4.04. The number of phenolic OH excluding ortho intramolecular Hbond substituents is 1. The molecule has 12 nitrogen and oxygen atoms in total. The third kappa shape index (κ3) is 18.6. The number of aliphatic hydroxyl groups excluding tert-OH is 1. The second-order valence-corrected chi connectivity index (χ2v) is 22.3. The molecule has 1 aliphatic heterocycles. The predicted molar refractivity (Wildman–Crippen MR) is 307 cm³/mol. The highest BCUT2D eigenvalue weighted by molar-refractivity contribution is 7.13. The van der Waals surface area contributed by atoms with Gasteiger partial charge in [-0.2, -0.15) is 0 Å². The molecule has 3 atom stereocenters. The van der Waals surface area contributed by atoms with Crippen molar-refractivity contribution < 1.29 is 34.1 Å². The first-order valence-corrected chi connectivity index (χ1v) is 28.8. The lowest BCUT2D eigenvalue weighted by Gasteiger charge is -2.35. The van der Waals surface area contributed by atoms with Crippen molar-refractivity contribution in [1.82, 2.24) is 25.8 Å². The number of aromatic hydroxyl groups is 1. The molecule has 0 saturated carbocycles. The molecule has 0 aliphatic carbocycles. The number of hydrogen-bond donors (Lipinski definition) is 5. The number of nitrogens with zero attached hydrogens (tertiary/aromatic N) is 2. The summed E-state index contributed by atoms with van der Waals surface area (Å²) in [6, 6.07) is 31.7. The van der Waals surface area contributed by atoms with Gasteiger partial charge in [0.1, 0.15) is 30.2 Å². The number of allylic oxidation sites excluding steroid dienone is 1. The number of carbonyl (C=O) groups excluding carboxylic acids is 4. The van der Waals surface area contributed by atoms with Crippen molar-refractivity contribution in [3.8, 4) is 21.9 Å². The maximum absolute atomic E-state index is 14.0. The lowest BCUT2D eigenvalue weighted by atomic mass is 9.85. The highest BCUT2D eigenvalue weighted by Crippen LogP contribution is 2.36. The van der Waals surface area contributed by atoms with Crippen molar-refractivity contribution in [3.63, 3.8) is 0 Å². The molecule has 1 aromatic heterocycles. The fourth-order valence-corrected chi connectivity index (χ4v) is 10.8. The van der Waals surface area contributed by atoms with Crippen LogP contribution in [0.5, 0.6) is 11.5 Å². The quantitative estimate of drug-likeness (QED) is 0.0172. The number of aryl methyl sites for hydroxylation is 1. The summed E-state index contributed by atoms with van der Waals surface area (Å²) < 4.78 is 5.98. The molecule has 1 saturated heterocycles. The highest BCUT2D eigenvalue weighted by Gasteiger charge is 2.44. The van der Waals surface area contributed by atoms with Crippen LogP contribution < -0.4 is 20.7 Å². The van der Waals surface area contributed by atoms with Gasteiger partial charge in [-0.15, -0.1) is 22.9 Å². The smallest absolute Gasteiger partial charge is 0.246 e. The number of ether oxygens (including phenoxy) is 1. The third-order valence-corrected chi connectivity index (χ3v) is 15.2. The number of amides is 4. The molecule has 4 amide bonds. The molecule has 5 aromatic rings. The summed E-state index contributed by atoms with van der Waals surface area (Å²) in [4.78, 5) is 60.0.